The third-order valence-corrected chi connectivity index (χ3v) is 4.79. The number of aromatic nitrogens is 3. The molecule has 0 aliphatic rings. The van der Waals surface area contributed by atoms with Gasteiger partial charge < -0.3 is 0 Å². The maximum absolute atomic E-state index is 13.1. The molecular formula is C18H16ClFN4OS. The first-order valence-corrected chi connectivity index (χ1v) is 9.11. The van der Waals surface area contributed by atoms with Gasteiger partial charge in [-0.2, -0.15) is 0 Å². The molecule has 0 saturated carbocycles. The third-order valence-electron chi connectivity index (χ3n) is 3.63. The van der Waals surface area contributed by atoms with Gasteiger partial charge in [0.15, 0.2) is 10.8 Å². The molecule has 5 nitrogen and oxygen atoms in total. The Hall–Kier alpha value is -2.38. The van der Waals surface area contributed by atoms with Gasteiger partial charge in [-0.15, -0.1) is 11.3 Å². The van der Waals surface area contributed by atoms with Crippen LogP contribution in [-0.4, -0.2) is 20.9 Å². The van der Waals surface area contributed by atoms with E-state index in [1.807, 2.05) is 20.8 Å². The summed E-state index contributed by atoms with van der Waals surface area (Å²) >= 11 is 7.40. The third kappa shape index (κ3) is 3.89. The van der Waals surface area contributed by atoms with Gasteiger partial charge in [0.05, 0.1) is 16.9 Å². The van der Waals surface area contributed by atoms with E-state index in [4.69, 9.17) is 11.6 Å². The highest BCUT2D eigenvalue weighted by Crippen LogP contribution is 2.31. The summed E-state index contributed by atoms with van der Waals surface area (Å²) in [6, 6.07) is 6.05. The summed E-state index contributed by atoms with van der Waals surface area (Å²) in [5.41, 5.74) is 1.59. The second-order valence-corrected chi connectivity index (χ2v) is 7.57. The molecule has 26 heavy (non-hydrogen) atoms. The molecule has 3 rings (SSSR count). The summed E-state index contributed by atoms with van der Waals surface area (Å²) in [6.07, 6.45) is 1.43. The Morgan fingerprint density at radius 1 is 1.23 bits per heavy atom. The Morgan fingerprint density at radius 2 is 1.92 bits per heavy atom. The summed E-state index contributed by atoms with van der Waals surface area (Å²) < 4.78 is 13.1. The van der Waals surface area contributed by atoms with Gasteiger partial charge >= 0.3 is 0 Å². The minimum Gasteiger partial charge on any atom is -0.296 e. The maximum atomic E-state index is 13.1. The number of thiazole rings is 1. The molecule has 0 saturated heterocycles. The number of nitrogens with zero attached hydrogens (tertiary/aromatic N) is 3. The summed E-state index contributed by atoms with van der Waals surface area (Å²) in [5.74, 6) is -0.138. The zero-order chi connectivity index (χ0) is 18.8. The fourth-order valence-corrected chi connectivity index (χ4v) is 3.31. The van der Waals surface area contributed by atoms with E-state index in [1.165, 1.54) is 29.7 Å². The molecule has 0 aliphatic heterocycles. The molecule has 1 amide bonds. The van der Waals surface area contributed by atoms with Crippen molar-refractivity contribution in [3.05, 3.63) is 57.7 Å². The van der Waals surface area contributed by atoms with Crippen LogP contribution >= 0.6 is 22.9 Å². The van der Waals surface area contributed by atoms with Crippen molar-refractivity contribution in [1.29, 1.82) is 0 Å². The number of hydrogen-bond donors (Lipinski definition) is 1. The second-order valence-electron chi connectivity index (χ2n) is 5.96. The van der Waals surface area contributed by atoms with Gasteiger partial charge in [0.1, 0.15) is 11.6 Å². The Bertz CT molecular complexity index is 956. The molecule has 134 valence electrons. The zero-order valence-corrected chi connectivity index (χ0v) is 16.0. The Balaban J connectivity index is 1.86. The first kappa shape index (κ1) is 18.4. The van der Waals surface area contributed by atoms with Crippen molar-refractivity contribution >= 4 is 34.0 Å². The lowest BCUT2D eigenvalue weighted by Crippen LogP contribution is -2.16. The monoisotopic (exact) mass is 390 g/mol. The fourth-order valence-electron chi connectivity index (χ4n) is 2.30. The highest BCUT2D eigenvalue weighted by molar-refractivity contribution is 7.16. The topological polar surface area (TPSA) is 67.8 Å². The molecule has 0 radical (unpaired) electrons. The molecule has 0 spiro atoms. The molecule has 0 fully saturated rings. The molecule has 3 aromatic rings. The van der Waals surface area contributed by atoms with E-state index < -0.39 is 5.91 Å². The van der Waals surface area contributed by atoms with Crippen LogP contribution in [0.15, 0.2) is 30.5 Å². The quantitative estimate of drug-likeness (QED) is 0.674. The molecule has 0 atom stereocenters. The Labute approximate surface area is 159 Å². The van der Waals surface area contributed by atoms with E-state index in [9.17, 15) is 9.18 Å². The first-order valence-electron chi connectivity index (χ1n) is 7.92. The zero-order valence-electron chi connectivity index (χ0n) is 14.4. The average molecular weight is 391 g/mol. The molecule has 1 N–H and O–H groups in total. The van der Waals surface area contributed by atoms with Gasteiger partial charge in [0, 0.05) is 16.4 Å². The van der Waals surface area contributed by atoms with Gasteiger partial charge in [-0.25, -0.2) is 19.3 Å². The molecule has 2 aromatic heterocycles. The highest BCUT2D eigenvalue weighted by Gasteiger charge is 2.18. The molecule has 8 heteroatoms. The van der Waals surface area contributed by atoms with Crippen LogP contribution in [0.5, 0.6) is 0 Å². The van der Waals surface area contributed by atoms with E-state index in [1.54, 1.807) is 12.1 Å². The van der Waals surface area contributed by atoms with Crippen molar-refractivity contribution < 1.29 is 9.18 Å². The van der Waals surface area contributed by atoms with Gasteiger partial charge in [0.2, 0.25) is 0 Å². The number of benzene rings is 1. The van der Waals surface area contributed by atoms with Crippen LogP contribution in [-0.2, 0) is 0 Å². The number of aryl methyl sites for hydroxylation is 1. The van der Waals surface area contributed by atoms with Crippen molar-refractivity contribution in [1.82, 2.24) is 15.0 Å². The van der Waals surface area contributed by atoms with Crippen LogP contribution in [0.2, 0.25) is 5.02 Å². The summed E-state index contributed by atoms with van der Waals surface area (Å²) in [7, 11) is 0. The van der Waals surface area contributed by atoms with Crippen LogP contribution in [0.4, 0.5) is 9.52 Å². The molecule has 0 aliphatic carbocycles. The van der Waals surface area contributed by atoms with Gasteiger partial charge in [0.25, 0.3) is 5.91 Å². The van der Waals surface area contributed by atoms with Crippen molar-refractivity contribution in [2.45, 2.75) is 26.7 Å². The molecule has 2 heterocycles. The minimum absolute atomic E-state index is 0.0750. The molecule has 0 unspecified atom stereocenters. The van der Waals surface area contributed by atoms with Gasteiger partial charge in [-0.05, 0) is 31.2 Å². The van der Waals surface area contributed by atoms with Crippen molar-refractivity contribution in [2.24, 2.45) is 0 Å². The van der Waals surface area contributed by atoms with Crippen LogP contribution in [0.1, 0.15) is 41.0 Å². The number of nitrogens with one attached hydrogen (secondary N) is 1. The largest absolute Gasteiger partial charge is 0.296 e. The standard InChI is InChI=1S/C18H16ClFN4OS/c1-9(2)16-21-8-13(19)15(22-16)17(25)24-18-23-14(10(3)26-18)11-4-6-12(20)7-5-11/h4-9H,1-3H3,(H,23,24,25). The SMILES string of the molecule is Cc1sc(NC(=O)c2nc(C(C)C)ncc2Cl)nc1-c1ccc(F)cc1. The van der Waals surface area contributed by atoms with E-state index in [0.717, 1.165) is 10.4 Å². The minimum atomic E-state index is -0.446. The number of amides is 1. The van der Waals surface area contributed by atoms with Gasteiger partial charge in [-0.3, -0.25) is 10.1 Å². The smallest absolute Gasteiger partial charge is 0.277 e. The van der Waals surface area contributed by atoms with Gasteiger partial charge in [-0.1, -0.05) is 25.4 Å². The molecule has 1 aromatic carbocycles. The van der Waals surface area contributed by atoms with Crippen LogP contribution in [0.3, 0.4) is 0 Å². The normalized spacial score (nSPS) is 11.0. The Morgan fingerprint density at radius 3 is 2.58 bits per heavy atom. The lowest BCUT2D eigenvalue weighted by molar-refractivity contribution is 0.102. The Kier molecular flexibility index (Phi) is 5.29. The number of carbonyl (C=O) groups is 1. The van der Waals surface area contributed by atoms with Crippen LogP contribution < -0.4 is 5.32 Å². The predicted octanol–water partition coefficient (Wildman–Crippen LogP) is 5.08. The van der Waals surface area contributed by atoms with Crippen molar-refractivity contribution in [2.75, 3.05) is 5.32 Å². The van der Waals surface area contributed by atoms with E-state index >= 15 is 0 Å². The van der Waals surface area contributed by atoms with Crippen LogP contribution in [0, 0.1) is 12.7 Å². The lowest BCUT2D eigenvalue weighted by atomic mass is 10.1. The summed E-state index contributed by atoms with van der Waals surface area (Å²) in [5, 5.41) is 3.33. The molecular weight excluding hydrogens is 375 g/mol. The maximum Gasteiger partial charge on any atom is 0.277 e. The number of anilines is 1. The predicted molar refractivity (Wildman–Crippen MR) is 101 cm³/mol. The number of rotatable bonds is 4. The van der Waals surface area contributed by atoms with E-state index in [2.05, 4.69) is 20.3 Å². The van der Waals surface area contributed by atoms with Crippen molar-refractivity contribution in [3.63, 3.8) is 0 Å². The molecule has 0 bridgehead atoms. The lowest BCUT2D eigenvalue weighted by Gasteiger charge is -2.07. The number of halogens is 2. The van der Waals surface area contributed by atoms with Crippen LogP contribution in [0.25, 0.3) is 11.3 Å². The summed E-state index contributed by atoms with van der Waals surface area (Å²) in [4.78, 5) is 26.3. The average Bonchev–Trinajstić information content (AvgIpc) is 2.96. The first-order chi connectivity index (χ1) is 12.3. The van der Waals surface area contributed by atoms with E-state index in [0.29, 0.717) is 16.6 Å². The number of carbonyl (C=O) groups excluding carboxylic acids is 1. The summed E-state index contributed by atoms with van der Waals surface area (Å²) in [6.45, 7) is 5.76. The number of hydrogen-bond acceptors (Lipinski definition) is 5. The van der Waals surface area contributed by atoms with E-state index in [-0.39, 0.29) is 22.5 Å². The van der Waals surface area contributed by atoms with Crippen molar-refractivity contribution in [3.8, 4) is 11.3 Å². The fraction of sp³-hybridized carbons (Fsp3) is 0.222. The highest BCUT2D eigenvalue weighted by atomic mass is 35.5. The second kappa shape index (κ2) is 7.47.